The Labute approximate surface area is 191 Å². The average Bonchev–Trinajstić information content (AvgIpc) is 3.00. The lowest BCUT2D eigenvalue weighted by atomic mass is 10.0. The second-order valence-electron chi connectivity index (χ2n) is 7.75. The number of halogens is 1. The molecule has 0 unspecified atom stereocenters. The summed E-state index contributed by atoms with van der Waals surface area (Å²) in [6.07, 6.45) is 4.15. The van der Waals surface area contributed by atoms with E-state index >= 15 is 0 Å². The summed E-state index contributed by atoms with van der Waals surface area (Å²) >= 11 is 0. The third kappa shape index (κ3) is 4.51. The molecule has 1 aliphatic heterocycles. The van der Waals surface area contributed by atoms with Crippen LogP contribution in [0.1, 0.15) is 28.4 Å². The molecule has 0 fully saturated rings. The van der Waals surface area contributed by atoms with Crippen LogP contribution in [-0.4, -0.2) is 48.6 Å². The van der Waals surface area contributed by atoms with Crippen molar-refractivity contribution in [2.45, 2.75) is 24.8 Å². The van der Waals surface area contributed by atoms with Gasteiger partial charge in [-0.3, -0.25) is 9.78 Å². The van der Waals surface area contributed by atoms with E-state index < -0.39 is 20.5 Å². The maximum Gasteiger partial charge on any atom is 0.254 e. The number of carbonyl (C=O) groups is 1. The molecule has 2 aromatic carbocycles. The highest BCUT2D eigenvalue weighted by atomic mass is 32.2. The zero-order valence-corrected chi connectivity index (χ0v) is 19.0. The van der Waals surface area contributed by atoms with E-state index in [1.165, 1.54) is 12.3 Å². The van der Waals surface area contributed by atoms with Gasteiger partial charge in [0.1, 0.15) is 28.9 Å². The highest BCUT2D eigenvalue weighted by Gasteiger charge is 2.27. The number of carbonyl (C=O) groups excluding carboxylic acids is 1. The summed E-state index contributed by atoms with van der Waals surface area (Å²) in [5, 5.41) is 0. The largest absolute Gasteiger partial charge is 0.491 e. The number of aromatic nitrogens is 2. The molecule has 3 aromatic rings. The molecule has 0 atom stereocenters. The van der Waals surface area contributed by atoms with Gasteiger partial charge in [0.2, 0.25) is 0 Å². The van der Waals surface area contributed by atoms with E-state index in [1.54, 1.807) is 18.0 Å². The number of anilines is 1. The van der Waals surface area contributed by atoms with Crippen LogP contribution in [0.25, 0.3) is 11.3 Å². The Hall–Kier alpha value is -3.53. The van der Waals surface area contributed by atoms with Gasteiger partial charge in [0.05, 0.1) is 24.6 Å². The van der Waals surface area contributed by atoms with Crippen molar-refractivity contribution >= 4 is 21.6 Å². The minimum absolute atomic E-state index is 0.0826. The second-order valence-corrected chi connectivity index (χ2v) is 9.74. The third-order valence-electron chi connectivity index (χ3n) is 5.49. The summed E-state index contributed by atoms with van der Waals surface area (Å²) < 4.78 is 44.5. The van der Waals surface area contributed by atoms with Gasteiger partial charge in [-0.05, 0) is 36.8 Å². The van der Waals surface area contributed by atoms with E-state index in [9.17, 15) is 17.6 Å². The predicted octanol–water partition coefficient (Wildman–Crippen LogP) is 2.87. The number of nitrogen functional groups attached to an aromatic ring is 1. The van der Waals surface area contributed by atoms with E-state index in [4.69, 9.17) is 10.5 Å². The van der Waals surface area contributed by atoms with Gasteiger partial charge >= 0.3 is 0 Å². The fourth-order valence-electron chi connectivity index (χ4n) is 3.82. The monoisotopic (exact) mass is 470 g/mol. The molecular weight excluding hydrogens is 447 g/mol. The first-order valence-corrected chi connectivity index (χ1v) is 12.2. The maximum absolute atomic E-state index is 14.9. The quantitative estimate of drug-likeness (QED) is 0.623. The summed E-state index contributed by atoms with van der Waals surface area (Å²) in [6, 6.07) is 8.07. The maximum atomic E-state index is 14.9. The molecule has 33 heavy (non-hydrogen) atoms. The summed E-state index contributed by atoms with van der Waals surface area (Å²) in [7, 11) is -3.75. The molecule has 10 heteroatoms. The highest BCUT2D eigenvalue weighted by Crippen LogP contribution is 2.30. The van der Waals surface area contributed by atoms with E-state index in [1.807, 2.05) is 18.2 Å². The smallest absolute Gasteiger partial charge is 0.254 e. The van der Waals surface area contributed by atoms with Gasteiger partial charge in [-0.25, -0.2) is 17.8 Å². The van der Waals surface area contributed by atoms with E-state index in [0.29, 0.717) is 23.8 Å². The molecule has 4 rings (SSSR count). The van der Waals surface area contributed by atoms with Crippen LogP contribution in [-0.2, 0) is 22.8 Å². The number of nitrogens with two attached hydrogens (primary N) is 1. The van der Waals surface area contributed by atoms with Crippen LogP contribution in [0.4, 0.5) is 10.2 Å². The molecular formula is C23H23FN4O4S. The molecule has 0 spiro atoms. The number of sulfone groups is 1. The molecule has 0 saturated heterocycles. The normalized spacial score (nSPS) is 13.7. The Bertz CT molecular complexity index is 1330. The van der Waals surface area contributed by atoms with Crippen molar-refractivity contribution in [1.82, 2.24) is 14.9 Å². The van der Waals surface area contributed by atoms with Crippen molar-refractivity contribution in [1.29, 1.82) is 0 Å². The van der Waals surface area contributed by atoms with Crippen molar-refractivity contribution in [3.8, 4) is 17.0 Å². The summed E-state index contributed by atoms with van der Waals surface area (Å²) in [6.45, 7) is 2.49. The summed E-state index contributed by atoms with van der Waals surface area (Å²) in [5.74, 6) is -0.303. The van der Waals surface area contributed by atoms with Gasteiger partial charge < -0.3 is 15.4 Å². The van der Waals surface area contributed by atoms with Crippen LogP contribution in [0.3, 0.4) is 0 Å². The van der Waals surface area contributed by atoms with E-state index in [0.717, 1.165) is 23.4 Å². The van der Waals surface area contributed by atoms with E-state index in [-0.39, 0.29) is 36.6 Å². The molecule has 0 bridgehead atoms. The molecule has 1 amide bonds. The standard InChI is InChI=1S/C23H23FN4O4S/c1-3-16-17(5-7-20(22(16)24)33(2,30)31)23(29)28-8-9-32-19-6-4-14(10-15(19)13-28)18-11-27-21(25)12-26-18/h4-7,10-12H,3,8-9,13H2,1-2H3,(H2,25,27). The van der Waals surface area contributed by atoms with Crippen LogP contribution in [0, 0.1) is 5.82 Å². The third-order valence-corrected chi connectivity index (χ3v) is 6.60. The number of nitrogens with zero attached hydrogens (tertiary/aromatic N) is 3. The van der Waals surface area contributed by atoms with Crippen molar-refractivity contribution in [3.63, 3.8) is 0 Å². The molecule has 172 valence electrons. The summed E-state index contributed by atoms with van der Waals surface area (Å²) in [5.41, 5.74) is 8.02. The number of amides is 1. The second kappa shape index (κ2) is 8.78. The average molecular weight is 471 g/mol. The molecule has 2 heterocycles. The molecule has 0 saturated carbocycles. The molecule has 8 nitrogen and oxygen atoms in total. The van der Waals surface area contributed by atoms with Crippen molar-refractivity contribution in [3.05, 3.63) is 65.2 Å². The number of fused-ring (bicyclic) bond motifs is 1. The molecule has 0 radical (unpaired) electrons. The van der Waals surface area contributed by atoms with E-state index in [2.05, 4.69) is 9.97 Å². The Morgan fingerprint density at radius 2 is 2.00 bits per heavy atom. The number of hydrogen-bond acceptors (Lipinski definition) is 7. The van der Waals surface area contributed by atoms with Crippen LogP contribution in [0.2, 0.25) is 0 Å². The first kappa shape index (κ1) is 22.7. The Morgan fingerprint density at radius 1 is 1.21 bits per heavy atom. The Balaban J connectivity index is 1.68. The van der Waals surface area contributed by atoms with Gasteiger partial charge in [-0.15, -0.1) is 0 Å². The Morgan fingerprint density at radius 3 is 2.67 bits per heavy atom. The fraction of sp³-hybridized carbons (Fsp3) is 0.261. The van der Waals surface area contributed by atoms with Crippen LogP contribution >= 0.6 is 0 Å². The number of hydrogen-bond donors (Lipinski definition) is 1. The van der Waals surface area contributed by atoms with Gasteiger partial charge in [0.25, 0.3) is 5.91 Å². The molecule has 1 aromatic heterocycles. The Kier molecular flexibility index (Phi) is 6.03. The zero-order chi connectivity index (χ0) is 23.8. The van der Waals surface area contributed by atoms with Gasteiger partial charge in [0, 0.05) is 35.1 Å². The van der Waals surface area contributed by atoms with Gasteiger partial charge in [-0.2, -0.15) is 0 Å². The minimum Gasteiger partial charge on any atom is -0.491 e. The number of ether oxygens (including phenoxy) is 1. The first-order chi connectivity index (χ1) is 15.7. The minimum atomic E-state index is -3.75. The number of rotatable bonds is 4. The highest BCUT2D eigenvalue weighted by molar-refractivity contribution is 7.90. The first-order valence-electron chi connectivity index (χ1n) is 10.3. The number of benzene rings is 2. The van der Waals surface area contributed by atoms with Crippen molar-refractivity contribution in [2.24, 2.45) is 0 Å². The SMILES string of the molecule is CCc1c(C(=O)N2CCOc3ccc(-c4cnc(N)cn4)cc3C2)ccc(S(C)(=O)=O)c1F. The fourth-order valence-corrected chi connectivity index (χ4v) is 4.58. The topological polar surface area (TPSA) is 115 Å². The van der Waals surface area contributed by atoms with Crippen molar-refractivity contribution < 1.29 is 22.3 Å². The lowest BCUT2D eigenvalue weighted by Crippen LogP contribution is -2.33. The zero-order valence-electron chi connectivity index (χ0n) is 18.2. The molecule has 0 aliphatic carbocycles. The van der Waals surface area contributed by atoms with Crippen LogP contribution in [0.5, 0.6) is 5.75 Å². The van der Waals surface area contributed by atoms with Gasteiger partial charge in [0.15, 0.2) is 9.84 Å². The lowest BCUT2D eigenvalue weighted by molar-refractivity contribution is 0.0731. The van der Waals surface area contributed by atoms with Crippen LogP contribution < -0.4 is 10.5 Å². The lowest BCUT2D eigenvalue weighted by Gasteiger charge is -2.22. The summed E-state index contributed by atoms with van der Waals surface area (Å²) in [4.78, 5) is 22.9. The van der Waals surface area contributed by atoms with Crippen molar-refractivity contribution in [2.75, 3.05) is 25.1 Å². The molecule has 2 N–H and O–H groups in total. The van der Waals surface area contributed by atoms with Crippen LogP contribution in [0.15, 0.2) is 47.6 Å². The predicted molar refractivity (Wildman–Crippen MR) is 121 cm³/mol. The van der Waals surface area contributed by atoms with Gasteiger partial charge in [-0.1, -0.05) is 6.92 Å². The molecule has 1 aliphatic rings.